The molecule has 0 amide bonds. The van der Waals surface area contributed by atoms with Gasteiger partial charge < -0.3 is 9.47 Å². The van der Waals surface area contributed by atoms with Gasteiger partial charge in [-0.3, -0.25) is 9.59 Å². The zero-order valence-electron chi connectivity index (χ0n) is 29.9. The summed E-state index contributed by atoms with van der Waals surface area (Å²) in [6.45, 7) is 9.11. The minimum atomic E-state index is -0.140. The summed E-state index contributed by atoms with van der Waals surface area (Å²) in [5.74, 6) is 3.52. The van der Waals surface area contributed by atoms with Gasteiger partial charge in [-0.15, -0.1) is 47.0 Å². The predicted octanol–water partition coefficient (Wildman–Crippen LogP) is 14.4. The van der Waals surface area contributed by atoms with Gasteiger partial charge in [-0.2, -0.15) is 0 Å². The molecule has 0 aliphatic carbocycles. The quantitative estimate of drug-likeness (QED) is 0.0513. The number of carbonyl (C=O) groups is 2. The maximum absolute atomic E-state index is 12.0. The summed E-state index contributed by atoms with van der Waals surface area (Å²) < 4.78 is 18.5. The number of thioether (sulfide) groups is 8. The average Bonchev–Trinajstić information content (AvgIpc) is 3.67. The third-order valence-corrected chi connectivity index (χ3v) is 19.1. The smallest absolute Gasteiger partial charge is 0.306 e. The van der Waals surface area contributed by atoms with E-state index in [0.29, 0.717) is 37.6 Å². The minimum Gasteiger partial charge on any atom is -0.466 e. The Hall–Kier alpha value is 0.960. The lowest BCUT2D eigenvalue weighted by Crippen LogP contribution is -2.04. The molecular formula is C36H60O4S8. The Morgan fingerprint density at radius 3 is 1.04 bits per heavy atom. The molecular weight excluding hydrogens is 753 g/mol. The van der Waals surface area contributed by atoms with Crippen molar-refractivity contribution in [2.75, 3.05) is 36.2 Å². The number of hydrogen-bond donors (Lipinski definition) is 0. The number of ether oxygens (including phenoxy) is 2. The second-order valence-corrected chi connectivity index (χ2v) is 21.6. The van der Waals surface area contributed by atoms with Gasteiger partial charge in [0, 0.05) is 11.5 Å². The summed E-state index contributed by atoms with van der Waals surface area (Å²) in [5, 5.41) is 0. The third kappa shape index (κ3) is 20.9. The standard InChI is InChI=1S/C36H60O4S8/c1-5-9-11-13-15-17-19-21-25-41-31-32(42-26-22-20-18-16-14-12-10-6-2)46-35(45-31)36-47-33(43-27-23-29(37)39-7-3)34(48-36)44-28-24-30(38)40-8-4/h5-28H2,1-4H3. The van der Waals surface area contributed by atoms with E-state index in [0.717, 1.165) is 0 Å². The Labute approximate surface area is 327 Å². The van der Waals surface area contributed by atoms with Gasteiger partial charge >= 0.3 is 11.9 Å². The fourth-order valence-corrected chi connectivity index (χ4v) is 16.9. The van der Waals surface area contributed by atoms with Crippen molar-refractivity contribution < 1.29 is 19.1 Å². The molecule has 12 heteroatoms. The second kappa shape index (κ2) is 30.4. The van der Waals surface area contributed by atoms with E-state index in [-0.39, 0.29) is 11.9 Å². The van der Waals surface area contributed by atoms with Gasteiger partial charge in [-0.05, 0) is 38.2 Å². The fourth-order valence-electron chi connectivity index (χ4n) is 4.79. The first-order valence-electron chi connectivity index (χ1n) is 18.3. The molecule has 2 aliphatic rings. The van der Waals surface area contributed by atoms with Crippen LogP contribution in [-0.4, -0.2) is 48.2 Å². The topological polar surface area (TPSA) is 52.6 Å². The van der Waals surface area contributed by atoms with Crippen LogP contribution < -0.4 is 0 Å². The van der Waals surface area contributed by atoms with Crippen LogP contribution in [0.3, 0.4) is 0 Å². The van der Waals surface area contributed by atoms with Gasteiger partial charge in [-0.1, -0.05) is 151 Å². The molecule has 2 rings (SSSR count). The predicted molar refractivity (Wildman–Crippen MR) is 229 cm³/mol. The number of rotatable bonds is 30. The number of hydrogen-bond acceptors (Lipinski definition) is 12. The Balaban J connectivity index is 1.98. The highest BCUT2D eigenvalue weighted by Gasteiger charge is 2.31. The van der Waals surface area contributed by atoms with E-state index in [1.807, 2.05) is 60.9 Å². The van der Waals surface area contributed by atoms with Crippen molar-refractivity contribution in [3.05, 3.63) is 25.4 Å². The first kappa shape index (κ1) is 45.1. The third-order valence-electron chi connectivity index (χ3n) is 7.39. The lowest BCUT2D eigenvalue weighted by atomic mass is 10.1. The van der Waals surface area contributed by atoms with Crippen molar-refractivity contribution in [2.24, 2.45) is 0 Å². The number of carbonyl (C=O) groups excluding carboxylic acids is 2. The molecule has 0 aromatic rings. The van der Waals surface area contributed by atoms with Crippen molar-refractivity contribution in [1.82, 2.24) is 0 Å². The normalized spacial score (nSPS) is 14.9. The summed E-state index contributed by atoms with van der Waals surface area (Å²) in [6.07, 6.45) is 22.6. The molecule has 0 aromatic carbocycles. The van der Waals surface area contributed by atoms with Crippen LogP contribution in [0.15, 0.2) is 25.4 Å². The van der Waals surface area contributed by atoms with Crippen LogP contribution in [0, 0.1) is 0 Å². The monoisotopic (exact) mass is 812 g/mol. The van der Waals surface area contributed by atoms with Gasteiger partial charge in [0.25, 0.3) is 0 Å². The van der Waals surface area contributed by atoms with Crippen LogP contribution in [0.25, 0.3) is 0 Å². The molecule has 0 fully saturated rings. The second-order valence-electron chi connectivity index (χ2n) is 11.6. The zero-order valence-corrected chi connectivity index (χ0v) is 36.4. The Morgan fingerprint density at radius 2 is 0.729 bits per heavy atom. The molecule has 0 atom stereocenters. The van der Waals surface area contributed by atoms with Crippen molar-refractivity contribution >= 4 is 106 Å². The number of unbranched alkanes of at least 4 members (excludes halogenated alkanes) is 14. The van der Waals surface area contributed by atoms with Gasteiger partial charge in [-0.25, -0.2) is 0 Å². The van der Waals surface area contributed by atoms with Crippen molar-refractivity contribution in [3.63, 3.8) is 0 Å². The fraction of sp³-hybridized carbons (Fsp3) is 0.778. The molecule has 0 saturated heterocycles. The molecule has 0 radical (unpaired) electrons. The maximum Gasteiger partial charge on any atom is 0.306 e. The molecule has 276 valence electrons. The van der Waals surface area contributed by atoms with Gasteiger partial charge in [0.05, 0.1) is 51.5 Å². The molecule has 48 heavy (non-hydrogen) atoms. The van der Waals surface area contributed by atoms with E-state index in [9.17, 15) is 9.59 Å². The van der Waals surface area contributed by atoms with Crippen LogP contribution in [0.5, 0.6) is 0 Å². The SMILES string of the molecule is CCCCCCCCCCSC1=C(SCCCCCCCCCC)SC(=C2SC(SCCC(=O)OCC)=C(SCCC(=O)OCC)S2)S1. The van der Waals surface area contributed by atoms with E-state index in [1.54, 1.807) is 23.5 Å². The summed E-state index contributed by atoms with van der Waals surface area (Å²) in [5.41, 5.74) is 0. The van der Waals surface area contributed by atoms with Crippen LogP contribution in [0.4, 0.5) is 0 Å². The van der Waals surface area contributed by atoms with E-state index >= 15 is 0 Å². The Bertz CT molecular complexity index is 940. The average molecular weight is 813 g/mol. The Morgan fingerprint density at radius 1 is 0.438 bits per heavy atom. The molecule has 4 nitrogen and oxygen atoms in total. The first-order chi connectivity index (χ1) is 23.5. The van der Waals surface area contributed by atoms with Gasteiger partial charge in [0.15, 0.2) is 0 Å². The lowest BCUT2D eigenvalue weighted by Gasteiger charge is -2.06. The Kier molecular flexibility index (Phi) is 28.6. The maximum atomic E-state index is 12.0. The van der Waals surface area contributed by atoms with E-state index in [1.165, 1.54) is 140 Å². The summed E-state index contributed by atoms with van der Waals surface area (Å²) in [6, 6.07) is 0. The van der Waals surface area contributed by atoms with Gasteiger partial charge in [0.2, 0.25) is 0 Å². The molecule has 0 N–H and O–H groups in total. The van der Waals surface area contributed by atoms with E-state index in [4.69, 9.17) is 9.47 Å². The van der Waals surface area contributed by atoms with Crippen molar-refractivity contribution in [1.29, 1.82) is 0 Å². The van der Waals surface area contributed by atoms with Crippen LogP contribution in [0.2, 0.25) is 0 Å². The highest BCUT2D eigenvalue weighted by molar-refractivity contribution is 8.45. The first-order valence-corrected chi connectivity index (χ1v) is 25.5. The molecule has 2 heterocycles. The minimum absolute atomic E-state index is 0.140. The van der Waals surface area contributed by atoms with Gasteiger partial charge in [0.1, 0.15) is 0 Å². The summed E-state index contributed by atoms with van der Waals surface area (Å²) in [7, 11) is 0. The largest absolute Gasteiger partial charge is 0.466 e. The van der Waals surface area contributed by atoms with Crippen LogP contribution >= 0.6 is 94.1 Å². The molecule has 0 spiro atoms. The van der Waals surface area contributed by atoms with Crippen LogP contribution in [0.1, 0.15) is 143 Å². The van der Waals surface area contributed by atoms with E-state index < -0.39 is 0 Å². The highest BCUT2D eigenvalue weighted by Crippen LogP contribution is 2.66. The zero-order chi connectivity index (χ0) is 34.7. The van der Waals surface area contributed by atoms with Crippen molar-refractivity contribution in [2.45, 2.75) is 143 Å². The molecule has 0 unspecified atom stereocenters. The summed E-state index contributed by atoms with van der Waals surface area (Å²) in [4.78, 5) is 24.0. The lowest BCUT2D eigenvalue weighted by molar-refractivity contribution is -0.143. The number of esters is 2. The molecule has 2 aliphatic heterocycles. The molecule has 0 saturated carbocycles. The molecule has 0 bridgehead atoms. The summed E-state index contributed by atoms with van der Waals surface area (Å²) >= 11 is 15.3. The van der Waals surface area contributed by atoms with Crippen molar-refractivity contribution in [3.8, 4) is 0 Å². The highest BCUT2D eigenvalue weighted by atomic mass is 32.3. The van der Waals surface area contributed by atoms with Crippen LogP contribution in [-0.2, 0) is 19.1 Å². The molecule has 0 aromatic heterocycles. The van der Waals surface area contributed by atoms with E-state index in [2.05, 4.69) is 37.4 Å².